The lowest BCUT2D eigenvalue weighted by atomic mass is 9.96. The van der Waals surface area contributed by atoms with Gasteiger partial charge >= 0.3 is 17.9 Å². The molecule has 0 spiro atoms. The lowest BCUT2D eigenvalue weighted by Gasteiger charge is -2.23. The highest BCUT2D eigenvalue weighted by Gasteiger charge is 2.40. The number of carbonyl (C=O) groups is 3. The van der Waals surface area contributed by atoms with Crippen LogP contribution in [0.3, 0.4) is 0 Å². The molecule has 38 heavy (non-hydrogen) atoms. The van der Waals surface area contributed by atoms with Gasteiger partial charge in [0, 0.05) is 31.2 Å². The van der Waals surface area contributed by atoms with E-state index in [0.29, 0.717) is 0 Å². The number of hydrogen-bond acceptors (Lipinski definition) is 8. The van der Waals surface area contributed by atoms with Gasteiger partial charge in [-0.05, 0) is 63.5 Å². The number of furan rings is 1. The third-order valence-electron chi connectivity index (χ3n) is 5.44. The van der Waals surface area contributed by atoms with E-state index >= 15 is 0 Å². The Morgan fingerprint density at radius 2 is 1.66 bits per heavy atom. The van der Waals surface area contributed by atoms with Gasteiger partial charge in [0.2, 0.25) is 0 Å². The summed E-state index contributed by atoms with van der Waals surface area (Å²) in [7, 11) is 4.23. The van der Waals surface area contributed by atoms with Gasteiger partial charge in [-0.25, -0.2) is 9.78 Å². The standard InChI is InChI=1S/C20H26N4O.C6H8O7/c1-22(2)12-7-13-23(17-19-9-6-15-25-19)16-18-8-5-14-24(18)20-10-3-4-11-21-20;7-3(8)1-6(13,5(11)12)2-4(9)10/h3-6,8-11,14-15H,7,12-13,16-17H2,1-2H3;13H,1-2H2,(H,7,8)(H,9,10)(H,11,12). The normalized spacial score (nSPS) is 11.3. The summed E-state index contributed by atoms with van der Waals surface area (Å²) in [6.07, 6.45) is 4.48. The predicted molar refractivity (Wildman–Crippen MR) is 137 cm³/mol. The van der Waals surface area contributed by atoms with E-state index in [2.05, 4.69) is 51.8 Å². The van der Waals surface area contributed by atoms with E-state index < -0.39 is 36.4 Å². The largest absolute Gasteiger partial charge is 0.481 e. The average molecular weight is 531 g/mol. The molecule has 0 saturated carbocycles. The molecule has 0 atom stereocenters. The molecule has 0 bridgehead atoms. The summed E-state index contributed by atoms with van der Waals surface area (Å²) in [5.74, 6) is -3.07. The number of carboxylic acid groups (broad SMARTS) is 3. The molecule has 3 rings (SSSR count). The van der Waals surface area contributed by atoms with Crippen molar-refractivity contribution >= 4 is 17.9 Å². The van der Waals surface area contributed by atoms with E-state index in [9.17, 15) is 14.4 Å². The van der Waals surface area contributed by atoms with Crippen LogP contribution in [0.15, 0.2) is 65.5 Å². The molecular formula is C26H34N4O8. The highest BCUT2D eigenvalue weighted by atomic mass is 16.4. The lowest BCUT2D eigenvalue weighted by Crippen LogP contribution is -2.42. The molecule has 0 unspecified atom stereocenters. The van der Waals surface area contributed by atoms with Crippen molar-refractivity contribution in [2.45, 2.75) is 38.0 Å². The van der Waals surface area contributed by atoms with Gasteiger partial charge < -0.3 is 34.3 Å². The minimum Gasteiger partial charge on any atom is -0.481 e. The second-order valence-electron chi connectivity index (χ2n) is 8.98. The van der Waals surface area contributed by atoms with Gasteiger partial charge in [0.05, 0.1) is 25.6 Å². The molecule has 3 aromatic rings. The minimum absolute atomic E-state index is 0.813. The molecule has 12 heteroatoms. The summed E-state index contributed by atoms with van der Waals surface area (Å²) in [5.41, 5.74) is -1.51. The molecular weight excluding hydrogens is 496 g/mol. The Kier molecular flexibility index (Phi) is 11.7. The van der Waals surface area contributed by atoms with Crippen LogP contribution in [0.5, 0.6) is 0 Å². The van der Waals surface area contributed by atoms with Crippen LogP contribution in [0, 0.1) is 0 Å². The van der Waals surface area contributed by atoms with Crippen LogP contribution in [-0.4, -0.2) is 90.5 Å². The van der Waals surface area contributed by atoms with Gasteiger partial charge in [0.25, 0.3) is 0 Å². The van der Waals surface area contributed by atoms with E-state index in [4.69, 9.17) is 24.8 Å². The summed E-state index contributed by atoms with van der Waals surface area (Å²) in [6.45, 7) is 3.77. The second kappa shape index (κ2) is 14.7. The van der Waals surface area contributed by atoms with E-state index in [1.54, 1.807) is 6.26 Å². The molecule has 0 aliphatic rings. The third-order valence-corrected chi connectivity index (χ3v) is 5.44. The van der Waals surface area contributed by atoms with Crippen LogP contribution in [0.4, 0.5) is 0 Å². The number of rotatable bonds is 14. The number of aliphatic hydroxyl groups is 1. The fourth-order valence-corrected chi connectivity index (χ4v) is 3.66. The molecule has 0 aliphatic carbocycles. The van der Waals surface area contributed by atoms with Crippen molar-refractivity contribution in [3.05, 3.63) is 72.6 Å². The zero-order valence-corrected chi connectivity index (χ0v) is 21.4. The Morgan fingerprint density at radius 3 is 2.18 bits per heavy atom. The molecule has 0 aromatic carbocycles. The molecule has 4 N–H and O–H groups in total. The maximum atomic E-state index is 10.3. The molecule has 0 saturated heterocycles. The van der Waals surface area contributed by atoms with Crippen molar-refractivity contribution in [1.82, 2.24) is 19.4 Å². The minimum atomic E-state index is -2.74. The van der Waals surface area contributed by atoms with Gasteiger partial charge in [0.15, 0.2) is 5.60 Å². The first kappa shape index (κ1) is 30.2. The molecule has 206 valence electrons. The van der Waals surface area contributed by atoms with Crippen LogP contribution >= 0.6 is 0 Å². The molecule has 0 aliphatic heterocycles. The monoisotopic (exact) mass is 530 g/mol. The Morgan fingerprint density at radius 1 is 0.947 bits per heavy atom. The van der Waals surface area contributed by atoms with Crippen molar-refractivity contribution in [3.8, 4) is 5.82 Å². The highest BCUT2D eigenvalue weighted by molar-refractivity contribution is 5.88. The van der Waals surface area contributed by atoms with Crippen molar-refractivity contribution in [3.63, 3.8) is 0 Å². The zero-order chi connectivity index (χ0) is 28.1. The molecule has 0 radical (unpaired) electrons. The average Bonchev–Trinajstić information content (AvgIpc) is 3.51. The first-order valence-corrected chi connectivity index (χ1v) is 11.9. The first-order valence-electron chi connectivity index (χ1n) is 11.9. The Balaban J connectivity index is 0.000000332. The van der Waals surface area contributed by atoms with Gasteiger partial charge in [-0.1, -0.05) is 6.07 Å². The maximum absolute atomic E-state index is 10.3. The first-order chi connectivity index (χ1) is 18.0. The number of pyridine rings is 1. The van der Waals surface area contributed by atoms with Crippen LogP contribution in [-0.2, 0) is 27.5 Å². The quantitative estimate of drug-likeness (QED) is 0.241. The fourth-order valence-electron chi connectivity index (χ4n) is 3.66. The van der Waals surface area contributed by atoms with E-state index in [0.717, 1.165) is 44.2 Å². The highest BCUT2D eigenvalue weighted by Crippen LogP contribution is 2.16. The number of aromatic nitrogens is 2. The van der Waals surface area contributed by atoms with Crippen molar-refractivity contribution in [2.75, 3.05) is 27.2 Å². The molecule has 3 aromatic heterocycles. The molecule has 0 amide bonds. The van der Waals surface area contributed by atoms with Crippen molar-refractivity contribution in [2.24, 2.45) is 0 Å². The van der Waals surface area contributed by atoms with E-state index in [1.165, 1.54) is 5.69 Å². The van der Waals surface area contributed by atoms with Crippen LogP contribution in [0.2, 0.25) is 0 Å². The van der Waals surface area contributed by atoms with Gasteiger partial charge in [0.1, 0.15) is 11.6 Å². The Hall–Kier alpha value is -4.00. The van der Waals surface area contributed by atoms with Gasteiger partial charge in [-0.3, -0.25) is 14.5 Å². The van der Waals surface area contributed by atoms with E-state index in [1.807, 2.05) is 36.5 Å². The zero-order valence-electron chi connectivity index (χ0n) is 21.4. The molecule has 12 nitrogen and oxygen atoms in total. The number of hydrogen-bond donors (Lipinski definition) is 4. The Labute approximate surface area is 220 Å². The lowest BCUT2D eigenvalue weighted by molar-refractivity contribution is -0.170. The van der Waals surface area contributed by atoms with Crippen LogP contribution in [0.25, 0.3) is 5.82 Å². The molecule has 3 heterocycles. The summed E-state index contributed by atoms with van der Waals surface area (Å²) < 4.78 is 7.71. The second-order valence-corrected chi connectivity index (χ2v) is 8.98. The summed E-state index contributed by atoms with van der Waals surface area (Å²) in [4.78, 5) is 39.6. The summed E-state index contributed by atoms with van der Waals surface area (Å²) in [6, 6.07) is 14.2. The molecule has 0 fully saturated rings. The SMILES string of the molecule is CN(C)CCCN(Cc1ccco1)Cc1cccn1-c1ccccn1.O=C(O)CC(O)(CC(=O)O)C(=O)O. The summed E-state index contributed by atoms with van der Waals surface area (Å²) in [5, 5.41) is 33.8. The van der Waals surface area contributed by atoms with Gasteiger partial charge in [-0.15, -0.1) is 0 Å². The topological polar surface area (TPSA) is 170 Å². The summed E-state index contributed by atoms with van der Waals surface area (Å²) >= 11 is 0. The van der Waals surface area contributed by atoms with Gasteiger partial charge in [-0.2, -0.15) is 0 Å². The number of carboxylic acids is 3. The van der Waals surface area contributed by atoms with Crippen LogP contribution < -0.4 is 0 Å². The smallest absolute Gasteiger partial charge is 0.336 e. The van der Waals surface area contributed by atoms with Crippen molar-refractivity contribution in [1.29, 1.82) is 0 Å². The number of aliphatic carboxylic acids is 3. The number of nitrogens with zero attached hydrogens (tertiary/aromatic N) is 4. The van der Waals surface area contributed by atoms with Crippen LogP contribution in [0.1, 0.15) is 30.7 Å². The van der Waals surface area contributed by atoms with E-state index in [-0.39, 0.29) is 0 Å². The fraction of sp³-hybridized carbons (Fsp3) is 0.385. The predicted octanol–water partition coefficient (Wildman–Crippen LogP) is 2.17. The Bertz CT molecular complexity index is 1130. The van der Waals surface area contributed by atoms with Crippen molar-refractivity contribution < 1.29 is 39.2 Å². The maximum Gasteiger partial charge on any atom is 0.336 e. The third kappa shape index (κ3) is 10.2.